The Morgan fingerprint density at radius 3 is 2.03 bits per heavy atom. The summed E-state index contributed by atoms with van der Waals surface area (Å²) in [5.74, 6) is -3.50. The maximum absolute atomic E-state index is 13.3. The van der Waals surface area contributed by atoms with E-state index in [-0.39, 0.29) is 10.8 Å². The number of hydrogen-bond donors (Lipinski definition) is 3. The number of thiocarbonyl (C=S) groups is 1. The van der Waals surface area contributed by atoms with Gasteiger partial charge in [-0.1, -0.05) is 36.4 Å². The van der Waals surface area contributed by atoms with Crippen LogP contribution in [0.2, 0.25) is 0 Å². The SMILES string of the molecule is Cc1cccc(C)c1NC(=O)[C@@H]1C(=O)N(c2c(C)cccc2C)C(=O)/C1=N\NC(N)=S. The fraction of sp³-hybridized carbons (Fsp3) is 0.227. The number of nitrogens with one attached hydrogen (secondary N) is 2. The van der Waals surface area contributed by atoms with E-state index in [2.05, 4.69) is 15.8 Å². The maximum atomic E-state index is 13.3. The lowest BCUT2D eigenvalue weighted by molar-refractivity contribution is -0.127. The number of anilines is 2. The van der Waals surface area contributed by atoms with Crippen LogP contribution in [0.5, 0.6) is 0 Å². The van der Waals surface area contributed by atoms with Crippen molar-refractivity contribution in [1.82, 2.24) is 5.43 Å². The van der Waals surface area contributed by atoms with E-state index in [0.29, 0.717) is 11.4 Å². The number of carbonyl (C=O) groups excluding carboxylic acids is 3. The number of nitrogens with two attached hydrogens (primary N) is 1. The van der Waals surface area contributed by atoms with E-state index >= 15 is 0 Å². The van der Waals surface area contributed by atoms with Crippen LogP contribution >= 0.6 is 12.2 Å². The highest BCUT2D eigenvalue weighted by Crippen LogP contribution is 2.32. The lowest BCUT2D eigenvalue weighted by atomic mass is 10.0. The number of benzene rings is 2. The molecular formula is C22H23N5O3S. The van der Waals surface area contributed by atoms with Crippen molar-refractivity contribution in [1.29, 1.82) is 0 Å². The molecule has 3 rings (SSSR count). The largest absolute Gasteiger partial charge is 0.375 e. The Labute approximate surface area is 185 Å². The second-order valence-corrected chi connectivity index (χ2v) is 7.82. The van der Waals surface area contributed by atoms with Crippen LogP contribution in [-0.2, 0) is 14.4 Å². The molecule has 1 fully saturated rings. The maximum Gasteiger partial charge on any atom is 0.282 e. The van der Waals surface area contributed by atoms with Gasteiger partial charge >= 0.3 is 0 Å². The first-order valence-electron chi connectivity index (χ1n) is 9.58. The third kappa shape index (κ3) is 4.17. The first kappa shape index (κ1) is 22.1. The minimum Gasteiger partial charge on any atom is -0.375 e. The van der Waals surface area contributed by atoms with E-state index in [4.69, 9.17) is 18.0 Å². The zero-order valence-electron chi connectivity index (χ0n) is 17.6. The van der Waals surface area contributed by atoms with E-state index in [0.717, 1.165) is 27.2 Å². The van der Waals surface area contributed by atoms with Crippen LogP contribution < -0.4 is 21.4 Å². The van der Waals surface area contributed by atoms with Crippen LogP contribution in [0.3, 0.4) is 0 Å². The summed E-state index contributed by atoms with van der Waals surface area (Å²) in [6, 6.07) is 11.0. The Morgan fingerprint density at radius 2 is 1.52 bits per heavy atom. The van der Waals surface area contributed by atoms with Gasteiger partial charge in [0.15, 0.2) is 11.0 Å². The molecule has 1 heterocycles. The van der Waals surface area contributed by atoms with E-state index in [1.807, 2.05) is 38.1 Å². The number of nitrogens with zero attached hydrogens (tertiary/aromatic N) is 2. The molecule has 0 bridgehead atoms. The molecule has 2 aromatic rings. The smallest absolute Gasteiger partial charge is 0.282 e. The number of imide groups is 1. The predicted octanol–water partition coefficient (Wildman–Crippen LogP) is 2.24. The second-order valence-electron chi connectivity index (χ2n) is 7.38. The Hall–Kier alpha value is -3.59. The lowest BCUT2D eigenvalue weighted by Gasteiger charge is -2.19. The van der Waals surface area contributed by atoms with Crippen LogP contribution in [-0.4, -0.2) is 28.5 Å². The van der Waals surface area contributed by atoms with Crippen molar-refractivity contribution in [3.63, 3.8) is 0 Å². The molecule has 1 aliphatic heterocycles. The van der Waals surface area contributed by atoms with Crippen molar-refractivity contribution >= 4 is 52.1 Å². The van der Waals surface area contributed by atoms with Gasteiger partial charge < -0.3 is 11.1 Å². The molecule has 1 aliphatic rings. The van der Waals surface area contributed by atoms with Gasteiger partial charge in [-0.05, 0) is 62.2 Å². The van der Waals surface area contributed by atoms with Crippen molar-refractivity contribution in [3.8, 4) is 0 Å². The van der Waals surface area contributed by atoms with Crippen LogP contribution in [0.15, 0.2) is 41.5 Å². The topological polar surface area (TPSA) is 117 Å². The first-order chi connectivity index (χ1) is 14.6. The van der Waals surface area contributed by atoms with Crippen molar-refractivity contribution in [2.24, 2.45) is 16.8 Å². The molecule has 0 aliphatic carbocycles. The number of hydrogen-bond acceptors (Lipinski definition) is 5. The molecule has 160 valence electrons. The zero-order valence-corrected chi connectivity index (χ0v) is 18.5. The summed E-state index contributed by atoms with van der Waals surface area (Å²) in [7, 11) is 0. The Bertz CT molecular complexity index is 1100. The average molecular weight is 438 g/mol. The highest BCUT2D eigenvalue weighted by atomic mass is 32.1. The molecule has 0 aromatic heterocycles. The Kier molecular flexibility index (Phi) is 6.16. The zero-order chi connectivity index (χ0) is 22.9. The summed E-state index contributed by atoms with van der Waals surface area (Å²) in [6.07, 6.45) is 0. The number of hydrazone groups is 1. The summed E-state index contributed by atoms with van der Waals surface area (Å²) in [5, 5.41) is 6.50. The van der Waals surface area contributed by atoms with E-state index in [1.54, 1.807) is 26.0 Å². The van der Waals surface area contributed by atoms with Crippen LogP contribution in [0, 0.1) is 33.6 Å². The van der Waals surface area contributed by atoms with Crippen LogP contribution in [0.1, 0.15) is 22.3 Å². The fourth-order valence-corrected chi connectivity index (χ4v) is 3.67. The van der Waals surface area contributed by atoms with Gasteiger partial charge in [-0.25, -0.2) is 4.90 Å². The molecule has 31 heavy (non-hydrogen) atoms. The second kappa shape index (κ2) is 8.65. The van der Waals surface area contributed by atoms with Crippen molar-refractivity contribution < 1.29 is 14.4 Å². The van der Waals surface area contributed by atoms with Gasteiger partial charge in [-0.3, -0.25) is 19.8 Å². The molecule has 8 nitrogen and oxygen atoms in total. The standard InChI is InChI=1S/C22H23N5O3S/c1-11-7-5-8-12(2)16(11)24-19(28)15-17(25-26-22(23)31)21(30)27(20(15)29)18-13(3)9-6-10-14(18)4/h5-10,15H,1-4H3,(H,24,28)(H3,23,26,31)/b25-17-/t15-/m1/s1. The summed E-state index contributed by atoms with van der Waals surface area (Å²) in [5.41, 5.74) is 11.6. The Balaban J connectivity index is 2.07. The molecule has 2 aromatic carbocycles. The van der Waals surface area contributed by atoms with E-state index in [1.165, 1.54) is 0 Å². The Morgan fingerprint density at radius 1 is 1.00 bits per heavy atom. The highest BCUT2D eigenvalue weighted by molar-refractivity contribution is 7.80. The van der Waals surface area contributed by atoms with E-state index < -0.39 is 23.6 Å². The molecule has 0 saturated carbocycles. The minimum absolute atomic E-state index is 0.188. The van der Waals surface area contributed by atoms with Crippen LogP contribution in [0.25, 0.3) is 0 Å². The lowest BCUT2D eigenvalue weighted by Crippen LogP contribution is -2.36. The summed E-state index contributed by atoms with van der Waals surface area (Å²) < 4.78 is 0. The molecule has 1 atom stereocenters. The average Bonchev–Trinajstić information content (AvgIpc) is 2.93. The van der Waals surface area contributed by atoms with Gasteiger partial charge in [0.25, 0.3) is 11.8 Å². The third-order valence-corrected chi connectivity index (χ3v) is 5.20. The fourth-order valence-electron chi connectivity index (χ4n) is 3.63. The summed E-state index contributed by atoms with van der Waals surface area (Å²) in [6.45, 7) is 7.27. The molecule has 0 spiro atoms. The summed E-state index contributed by atoms with van der Waals surface area (Å²) in [4.78, 5) is 40.7. The first-order valence-corrected chi connectivity index (χ1v) is 9.99. The van der Waals surface area contributed by atoms with Gasteiger partial charge in [0.2, 0.25) is 5.91 Å². The predicted molar refractivity (Wildman–Crippen MR) is 124 cm³/mol. The van der Waals surface area contributed by atoms with Crippen molar-refractivity contribution in [2.75, 3.05) is 10.2 Å². The molecule has 1 saturated heterocycles. The van der Waals surface area contributed by atoms with Crippen molar-refractivity contribution in [2.45, 2.75) is 27.7 Å². The highest BCUT2D eigenvalue weighted by Gasteiger charge is 2.50. The quantitative estimate of drug-likeness (QED) is 0.292. The van der Waals surface area contributed by atoms with E-state index in [9.17, 15) is 14.4 Å². The minimum atomic E-state index is -1.45. The molecule has 0 radical (unpaired) electrons. The number of aryl methyl sites for hydroxylation is 4. The molecule has 9 heteroatoms. The number of rotatable bonds is 4. The van der Waals surface area contributed by atoms with Gasteiger partial charge in [0.1, 0.15) is 5.71 Å². The molecule has 4 N–H and O–H groups in total. The van der Waals surface area contributed by atoms with Gasteiger partial charge in [-0.2, -0.15) is 5.10 Å². The molecule has 3 amide bonds. The van der Waals surface area contributed by atoms with Crippen LogP contribution in [0.4, 0.5) is 11.4 Å². The molecule has 0 unspecified atom stereocenters. The monoisotopic (exact) mass is 437 g/mol. The number of para-hydroxylation sites is 2. The number of carbonyl (C=O) groups is 3. The van der Waals surface area contributed by atoms with Gasteiger partial charge in [-0.15, -0.1) is 0 Å². The number of amides is 3. The van der Waals surface area contributed by atoms with Crippen molar-refractivity contribution in [3.05, 3.63) is 58.7 Å². The summed E-state index contributed by atoms with van der Waals surface area (Å²) >= 11 is 4.76. The third-order valence-electron chi connectivity index (χ3n) is 5.10. The molecular weight excluding hydrogens is 414 g/mol. The van der Waals surface area contributed by atoms with Gasteiger partial charge in [0, 0.05) is 5.69 Å². The normalized spacial score (nSPS) is 17.2. The van der Waals surface area contributed by atoms with Gasteiger partial charge in [0.05, 0.1) is 5.69 Å².